The van der Waals surface area contributed by atoms with Crippen molar-refractivity contribution in [2.75, 3.05) is 5.75 Å². The predicted octanol–water partition coefficient (Wildman–Crippen LogP) is 5.50. The lowest BCUT2D eigenvalue weighted by Gasteiger charge is -2.50. The van der Waals surface area contributed by atoms with Crippen LogP contribution in [0.2, 0.25) is 18.1 Å². The van der Waals surface area contributed by atoms with Gasteiger partial charge in [-0.05, 0) is 66.3 Å². The number of nitrogens with zero attached hydrogens (tertiary/aromatic N) is 2. The lowest BCUT2D eigenvalue weighted by atomic mass is 9.92. The smallest absolute Gasteiger partial charge is 0.357 e. The number of non-ortho nitro benzene ring substituents is 1. The second-order valence-electron chi connectivity index (χ2n) is 11.4. The highest BCUT2D eigenvalue weighted by atomic mass is 32.2. The predicted molar refractivity (Wildman–Crippen MR) is 172 cm³/mol. The maximum Gasteiger partial charge on any atom is 0.357 e. The fourth-order valence-electron chi connectivity index (χ4n) is 3.96. The lowest BCUT2D eigenvalue weighted by molar-refractivity contribution is -0.384. The lowest BCUT2D eigenvalue weighted by Crippen LogP contribution is -2.67. The molecular weight excluding hydrogens is 633 g/mol. The van der Waals surface area contributed by atoms with Crippen LogP contribution in [-0.4, -0.2) is 61.7 Å². The molecule has 1 aromatic rings. The number of nitro benzene ring substituents is 1. The van der Waals surface area contributed by atoms with Crippen molar-refractivity contribution in [3.05, 3.63) is 62.5 Å². The zero-order valence-electron chi connectivity index (χ0n) is 25.5. The van der Waals surface area contributed by atoms with Crippen LogP contribution in [0.3, 0.4) is 0 Å². The number of amides is 1. The molecule has 0 saturated carbocycles. The zero-order chi connectivity index (χ0) is 32.9. The molecule has 0 N–H and O–H groups in total. The van der Waals surface area contributed by atoms with Crippen molar-refractivity contribution < 1.29 is 37.5 Å². The average molecular weight is 671 g/mol. The molecular formula is C28H38N2O9S3Si. The Morgan fingerprint density at radius 1 is 1.16 bits per heavy atom. The summed E-state index contributed by atoms with van der Waals surface area (Å²) in [5.74, 6) is -2.45. The van der Waals surface area contributed by atoms with E-state index >= 15 is 0 Å². The molecule has 236 valence electrons. The molecule has 1 amide bonds. The molecule has 15 heteroatoms. The van der Waals surface area contributed by atoms with Gasteiger partial charge in [0.2, 0.25) is 5.91 Å². The van der Waals surface area contributed by atoms with Crippen LogP contribution in [0.15, 0.2) is 46.9 Å². The van der Waals surface area contributed by atoms with E-state index in [1.807, 2.05) is 13.1 Å². The summed E-state index contributed by atoms with van der Waals surface area (Å²) < 4.78 is 25.4. The molecule has 0 radical (unpaired) electrons. The Hall–Kier alpha value is -2.59. The molecule has 43 heavy (non-hydrogen) atoms. The Bertz CT molecular complexity index is 1320. The summed E-state index contributed by atoms with van der Waals surface area (Å²) in [6, 6.07) is 5.34. The Balaban J connectivity index is 2.58. The first-order valence-corrected chi connectivity index (χ1v) is 19.2. The third-order valence-corrected chi connectivity index (χ3v) is 15.1. The van der Waals surface area contributed by atoms with Crippen LogP contribution in [0.4, 0.5) is 5.69 Å². The second kappa shape index (κ2) is 14.9. The number of benzene rings is 1. The molecule has 1 aromatic carbocycles. The van der Waals surface area contributed by atoms with E-state index in [0.29, 0.717) is 29.1 Å². The number of ether oxygens (including phenoxy) is 1. The minimum absolute atomic E-state index is 0.0118. The Kier molecular flexibility index (Phi) is 12.7. The number of nitro groups is 1. The Morgan fingerprint density at radius 3 is 2.14 bits per heavy atom. The van der Waals surface area contributed by atoms with E-state index in [1.54, 1.807) is 6.92 Å². The van der Waals surface area contributed by atoms with Gasteiger partial charge < -0.3 is 9.16 Å². The van der Waals surface area contributed by atoms with Crippen molar-refractivity contribution in [2.24, 2.45) is 5.92 Å². The number of likely N-dealkylation sites (tertiary alicyclic amines) is 1. The van der Waals surface area contributed by atoms with Crippen LogP contribution in [0.5, 0.6) is 0 Å². The first-order valence-electron chi connectivity index (χ1n) is 13.3. The van der Waals surface area contributed by atoms with Gasteiger partial charge in [-0.25, -0.2) is 4.79 Å². The molecule has 1 unspecified atom stereocenters. The molecule has 0 bridgehead atoms. The van der Waals surface area contributed by atoms with Crippen molar-refractivity contribution in [2.45, 2.75) is 77.8 Å². The van der Waals surface area contributed by atoms with E-state index in [1.165, 1.54) is 44.2 Å². The van der Waals surface area contributed by atoms with Crippen LogP contribution in [-0.2, 0) is 45.7 Å². The molecule has 0 aliphatic carbocycles. The molecule has 11 nitrogen and oxygen atoms in total. The van der Waals surface area contributed by atoms with E-state index in [4.69, 9.17) is 9.16 Å². The van der Waals surface area contributed by atoms with E-state index < -0.39 is 63.5 Å². The molecule has 1 aliphatic rings. The summed E-state index contributed by atoms with van der Waals surface area (Å²) in [6.07, 6.45) is 0.796. The van der Waals surface area contributed by atoms with E-state index in [-0.39, 0.29) is 33.0 Å². The first-order chi connectivity index (χ1) is 19.8. The number of thioether (sulfide) groups is 2. The van der Waals surface area contributed by atoms with Gasteiger partial charge in [0.1, 0.15) is 12.0 Å². The van der Waals surface area contributed by atoms with E-state index in [9.17, 15) is 33.5 Å². The summed E-state index contributed by atoms with van der Waals surface area (Å²) in [4.78, 5) is 63.4. The third-order valence-electron chi connectivity index (χ3n) is 7.05. The van der Waals surface area contributed by atoms with Gasteiger partial charge in [-0.3, -0.25) is 33.6 Å². The summed E-state index contributed by atoms with van der Waals surface area (Å²) in [7, 11) is -4.08. The van der Waals surface area contributed by atoms with E-state index in [2.05, 4.69) is 27.4 Å². The number of β-lactam (4-membered cyclic amide) rings is 1. The van der Waals surface area contributed by atoms with Gasteiger partial charge >= 0.3 is 5.97 Å². The molecule has 0 aromatic heterocycles. The van der Waals surface area contributed by atoms with Crippen LogP contribution >= 0.6 is 23.5 Å². The maximum absolute atomic E-state index is 13.9. The monoisotopic (exact) mass is 670 g/mol. The summed E-state index contributed by atoms with van der Waals surface area (Å²) in [5, 5.41) is 8.88. The largest absolute Gasteiger partial charge is 0.456 e. The topological polar surface area (TPSA) is 150 Å². The number of esters is 1. The van der Waals surface area contributed by atoms with Gasteiger partial charge in [-0.2, -0.15) is 0 Å². The first kappa shape index (κ1) is 36.6. The molecule has 4 atom stereocenters. The number of hydrogen-bond donors (Lipinski definition) is 0. The number of hydrogen-bond acceptors (Lipinski definition) is 11. The van der Waals surface area contributed by atoms with Crippen LogP contribution in [0.1, 0.15) is 47.1 Å². The summed E-state index contributed by atoms with van der Waals surface area (Å²) in [5.41, 5.74) is -0.0905. The fourth-order valence-corrected chi connectivity index (χ4v) is 8.87. The van der Waals surface area contributed by atoms with Gasteiger partial charge in [0.05, 0.1) is 21.2 Å². The maximum atomic E-state index is 13.9. The highest BCUT2D eigenvalue weighted by molar-refractivity contribution is 8.34. The Morgan fingerprint density at radius 2 is 1.70 bits per heavy atom. The van der Waals surface area contributed by atoms with Gasteiger partial charge in [-0.1, -0.05) is 26.8 Å². The normalized spacial score (nSPS) is 18.2. The molecule has 1 heterocycles. The summed E-state index contributed by atoms with van der Waals surface area (Å²) >= 11 is 1.18. The molecule has 2 rings (SSSR count). The minimum Gasteiger partial charge on any atom is -0.456 e. The fraction of sp³-hybridized carbons (Fsp3) is 0.500. The third kappa shape index (κ3) is 9.20. The van der Waals surface area contributed by atoms with Crippen molar-refractivity contribution in [1.82, 2.24) is 4.90 Å². The number of carbonyl (C=O) groups excluding carboxylic acids is 4. The highest BCUT2D eigenvalue weighted by Gasteiger charge is 2.58. The van der Waals surface area contributed by atoms with Crippen molar-refractivity contribution in [3.8, 4) is 0 Å². The SMILES string of the molecule is C=CCS(=O)[C@H]1[C@@H]([C@@H](C)O[Si](C)(C)C(C)(C)C)C(=O)N1C(C(=O)OCc1ccc([N+](=O)[O-])cc1)=C(SC(C)=O)SC(C)=O. The van der Waals surface area contributed by atoms with Crippen LogP contribution in [0.25, 0.3) is 0 Å². The van der Waals surface area contributed by atoms with Crippen LogP contribution in [0, 0.1) is 16.0 Å². The Labute approximate surface area is 263 Å². The minimum atomic E-state index is -2.36. The zero-order valence-corrected chi connectivity index (χ0v) is 29.0. The van der Waals surface area contributed by atoms with Crippen molar-refractivity contribution >= 4 is 70.4 Å². The van der Waals surface area contributed by atoms with E-state index in [0.717, 1.165) is 4.90 Å². The highest BCUT2D eigenvalue weighted by Crippen LogP contribution is 2.45. The molecule has 1 saturated heterocycles. The average Bonchev–Trinajstić information content (AvgIpc) is 2.86. The quantitative estimate of drug-likeness (QED) is 0.0498. The number of rotatable bonds is 13. The van der Waals surface area contributed by atoms with Gasteiger partial charge in [-0.15, -0.1) is 6.58 Å². The standard InChI is InChI=1S/C28H38N2O9S3Si/c1-10-15-42(37)25-22(17(2)39-43(8,9)28(5,6)7)24(33)29(25)23(27(40-18(3)31)41-19(4)32)26(34)38-16-20-11-13-21(14-12-20)30(35)36/h10-14,17,22,25H,1,15-16H2,2-9H3/t17-,22+,25+,42?/m1/s1. The summed E-state index contributed by atoms with van der Waals surface area (Å²) in [6.45, 7) is 17.8. The van der Waals surface area contributed by atoms with Crippen molar-refractivity contribution in [1.29, 1.82) is 0 Å². The second-order valence-corrected chi connectivity index (χ2v) is 20.3. The molecule has 0 spiro atoms. The van der Waals surface area contributed by atoms with Gasteiger partial charge in [0, 0.05) is 42.5 Å². The number of carbonyl (C=O) groups is 4. The van der Waals surface area contributed by atoms with Gasteiger partial charge in [0.15, 0.2) is 24.2 Å². The molecule has 1 aliphatic heterocycles. The molecule has 1 fully saturated rings. The van der Waals surface area contributed by atoms with Gasteiger partial charge in [0.25, 0.3) is 5.69 Å². The van der Waals surface area contributed by atoms with Crippen molar-refractivity contribution in [3.63, 3.8) is 0 Å². The van der Waals surface area contributed by atoms with Crippen LogP contribution < -0.4 is 0 Å².